The van der Waals surface area contributed by atoms with Crippen molar-refractivity contribution in [2.24, 2.45) is 0 Å². The summed E-state index contributed by atoms with van der Waals surface area (Å²) in [5.41, 5.74) is 0.898. The maximum absolute atomic E-state index is 12.5. The SMILES string of the molecule is CC1(C)COCCN1C(=O)C(S)Cc1ccccc1. The quantitative estimate of drug-likeness (QED) is 0.859. The van der Waals surface area contributed by atoms with Crippen LogP contribution in [0.1, 0.15) is 19.4 Å². The number of carbonyl (C=O) groups is 1. The molecule has 3 nitrogen and oxygen atoms in total. The highest BCUT2D eigenvalue weighted by atomic mass is 32.1. The van der Waals surface area contributed by atoms with Gasteiger partial charge in [0.2, 0.25) is 5.91 Å². The molecule has 0 bridgehead atoms. The Bertz CT molecular complexity index is 433. The molecule has 1 aromatic carbocycles. The van der Waals surface area contributed by atoms with Gasteiger partial charge in [0.05, 0.1) is 24.0 Å². The summed E-state index contributed by atoms with van der Waals surface area (Å²) in [7, 11) is 0. The molecule has 1 unspecified atom stereocenters. The molecule has 0 aromatic heterocycles. The van der Waals surface area contributed by atoms with Crippen molar-refractivity contribution < 1.29 is 9.53 Å². The van der Waals surface area contributed by atoms with E-state index in [0.29, 0.717) is 26.2 Å². The third-order valence-corrected chi connectivity index (χ3v) is 3.87. The molecule has 2 rings (SSSR count). The summed E-state index contributed by atoms with van der Waals surface area (Å²) in [5, 5.41) is -0.292. The second-order valence-electron chi connectivity index (χ2n) is 5.56. The van der Waals surface area contributed by atoms with E-state index >= 15 is 0 Å². The lowest BCUT2D eigenvalue weighted by Crippen LogP contribution is -2.57. The van der Waals surface area contributed by atoms with Crippen LogP contribution < -0.4 is 0 Å². The maximum Gasteiger partial charge on any atom is 0.236 e. The predicted octanol–water partition coefficient (Wildman–Crippen LogP) is 2.16. The zero-order valence-electron chi connectivity index (χ0n) is 11.5. The van der Waals surface area contributed by atoms with Gasteiger partial charge < -0.3 is 9.64 Å². The van der Waals surface area contributed by atoms with Crippen LogP contribution in [0.5, 0.6) is 0 Å². The molecule has 0 radical (unpaired) electrons. The Morgan fingerprint density at radius 2 is 2.11 bits per heavy atom. The van der Waals surface area contributed by atoms with Gasteiger partial charge in [0, 0.05) is 6.54 Å². The molecule has 1 aliphatic heterocycles. The highest BCUT2D eigenvalue weighted by Gasteiger charge is 2.36. The van der Waals surface area contributed by atoms with Crippen molar-refractivity contribution >= 4 is 18.5 Å². The van der Waals surface area contributed by atoms with E-state index in [4.69, 9.17) is 4.74 Å². The van der Waals surface area contributed by atoms with Gasteiger partial charge in [-0.1, -0.05) is 30.3 Å². The third-order valence-electron chi connectivity index (χ3n) is 3.47. The lowest BCUT2D eigenvalue weighted by atomic mass is 10.0. The Kier molecular flexibility index (Phi) is 4.53. The Morgan fingerprint density at radius 3 is 2.74 bits per heavy atom. The molecule has 0 spiro atoms. The topological polar surface area (TPSA) is 29.5 Å². The Balaban J connectivity index is 2.02. The number of thiol groups is 1. The zero-order chi connectivity index (χ0) is 13.9. The van der Waals surface area contributed by atoms with Crippen LogP contribution in [0.15, 0.2) is 30.3 Å². The highest BCUT2D eigenvalue weighted by Crippen LogP contribution is 2.22. The van der Waals surface area contributed by atoms with Crippen molar-refractivity contribution in [1.29, 1.82) is 0 Å². The molecule has 0 aliphatic carbocycles. The van der Waals surface area contributed by atoms with Crippen LogP contribution in [0.25, 0.3) is 0 Å². The second kappa shape index (κ2) is 5.97. The van der Waals surface area contributed by atoms with Gasteiger partial charge in [-0.2, -0.15) is 12.6 Å². The number of benzene rings is 1. The van der Waals surface area contributed by atoms with Crippen molar-refractivity contribution in [2.45, 2.75) is 31.1 Å². The number of hydrogen-bond acceptors (Lipinski definition) is 3. The lowest BCUT2D eigenvalue weighted by molar-refractivity contribution is -0.145. The van der Waals surface area contributed by atoms with E-state index in [2.05, 4.69) is 12.6 Å². The highest BCUT2D eigenvalue weighted by molar-refractivity contribution is 7.81. The fourth-order valence-corrected chi connectivity index (χ4v) is 2.72. The first-order valence-corrected chi connectivity index (χ1v) is 7.13. The van der Waals surface area contributed by atoms with Gasteiger partial charge in [0.15, 0.2) is 0 Å². The Hall–Kier alpha value is -1.00. The van der Waals surface area contributed by atoms with Gasteiger partial charge >= 0.3 is 0 Å². The van der Waals surface area contributed by atoms with Crippen LogP contribution in [0.3, 0.4) is 0 Å². The van der Waals surface area contributed by atoms with E-state index in [1.54, 1.807) is 0 Å². The van der Waals surface area contributed by atoms with Crippen LogP contribution >= 0.6 is 12.6 Å². The molecular formula is C15H21NO2S. The molecule has 1 heterocycles. The van der Waals surface area contributed by atoms with E-state index < -0.39 is 0 Å². The summed E-state index contributed by atoms with van der Waals surface area (Å²) in [6, 6.07) is 10.0. The number of morpholine rings is 1. The first kappa shape index (κ1) is 14.4. The van der Waals surface area contributed by atoms with E-state index in [1.165, 1.54) is 0 Å². The zero-order valence-corrected chi connectivity index (χ0v) is 12.4. The van der Waals surface area contributed by atoms with Gasteiger partial charge in [-0.05, 0) is 25.8 Å². The molecule has 19 heavy (non-hydrogen) atoms. The van der Waals surface area contributed by atoms with Crippen LogP contribution in [-0.4, -0.2) is 41.4 Å². The molecule has 0 N–H and O–H groups in total. The monoisotopic (exact) mass is 279 g/mol. The molecule has 1 aliphatic rings. The average Bonchev–Trinajstić information content (AvgIpc) is 2.38. The van der Waals surface area contributed by atoms with Crippen molar-refractivity contribution in [3.8, 4) is 0 Å². The van der Waals surface area contributed by atoms with Crippen LogP contribution in [0.4, 0.5) is 0 Å². The smallest absolute Gasteiger partial charge is 0.236 e. The number of nitrogens with zero attached hydrogens (tertiary/aromatic N) is 1. The summed E-state index contributed by atoms with van der Waals surface area (Å²) in [4.78, 5) is 14.4. The molecule has 1 saturated heterocycles. The summed E-state index contributed by atoms with van der Waals surface area (Å²) >= 11 is 4.49. The van der Waals surface area contributed by atoms with Gasteiger partial charge in [-0.3, -0.25) is 4.79 Å². The minimum Gasteiger partial charge on any atom is -0.377 e. The maximum atomic E-state index is 12.5. The molecule has 4 heteroatoms. The van der Waals surface area contributed by atoms with E-state index in [9.17, 15) is 4.79 Å². The Labute approximate surface area is 120 Å². The molecule has 0 saturated carbocycles. The molecule has 1 aromatic rings. The molecule has 1 amide bonds. The molecular weight excluding hydrogens is 258 g/mol. The number of ether oxygens (including phenoxy) is 1. The number of hydrogen-bond donors (Lipinski definition) is 1. The third kappa shape index (κ3) is 3.51. The van der Waals surface area contributed by atoms with Crippen molar-refractivity contribution in [3.63, 3.8) is 0 Å². The lowest BCUT2D eigenvalue weighted by Gasteiger charge is -2.43. The fraction of sp³-hybridized carbons (Fsp3) is 0.533. The van der Waals surface area contributed by atoms with Gasteiger partial charge in [-0.25, -0.2) is 0 Å². The minimum absolute atomic E-state index is 0.0977. The molecule has 1 fully saturated rings. The standard InChI is InChI=1S/C15H21NO2S/c1-15(2)11-18-9-8-16(15)14(17)13(19)10-12-6-4-3-5-7-12/h3-7,13,19H,8-11H2,1-2H3. The first-order valence-electron chi connectivity index (χ1n) is 6.62. The van der Waals surface area contributed by atoms with E-state index in [0.717, 1.165) is 5.56 Å². The first-order chi connectivity index (χ1) is 9.00. The van der Waals surface area contributed by atoms with Crippen molar-refractivity contribution in [2.75, 3.05) is 19.8 Å². The fourth-order valence-electron chi connectivity index (χ4n) is 2.37. The normalized spacial score (nSPS) is 20.1. The van der Waals surface area contributed by atoms with Crippen LogP contribution in [0.2, 0.25) is 0 Å². The summed E-state index contributed by atoms with van der Waals surface area (Å²) in [6.45, 7) is 5.92. The van der Waals surface area contributed by atoms with Gasteiger partial charge in [0.25, 0.3) is 0 Å². The molecule has 104 valence electrons. The van der Waals surface area contributed by atoms with E-state index in [-0.39, 0.29) is 16.7 Å². The van der Waals surface area contributed by atoms with E-state index in [1.807, 2.05) is 49.1 Å². The number of carbonyl (C=O) groups excluding carboxylic acids is 1. The summed E-state index contributed by atoms with van der Waals surface area (Å²) in [5.74, 6) is 0.0977. The number of amides is 1. The van der Waals surface area contributed by atoms with Crippen LogP contribution in [-0.2, 0) is 16.0 Å². The van der Waals surface area contributed by atoms with Crippen LogP contribution in [0, 0.1) is 0 Å². The second-order valence-corrected chi connectivity index (χ2v) is 6.18. The average molecular weight is 279 g/mol. The number of rotatable bonds is 3. The molecule has 1 atom stereocenters. The van der Waals surface area contributed by atoms with Gasteiger partial charge in [-0.15, -0.1) is 0 Å². The summed E-state index contributed by atoms with van der Waals surface area (Å²) < 4.78 is 5.44. The van der Waals surface area contributed by atoms with Crippen molar-refractivity contribution in [1.82, 2.24) is 4.90 Å². The minimum atomic E-state index is -0.292. The predicted molar refractivity (Wildman–Crippen MR) is 79.5 cm³/mol. The van der Waals surface area contributed by atoms with Gasteiger partial charge in [0.1, 0.15) is 0 Å². The largest absolute Gasteiger partial charge is 0.377 e. The Morgan fingerprint density at radius 1 is 1.42 bits per heavy atom. The van der Waals surface area contributed by atoms with Crippen molar-refractivity contribution in [3.05, 3.63) is 35.9 Å². The summed E-state index contributed by atoms with van der Waals surface area (Å²) in [6.07, 6.45) is 0.663.